The lowest BCUT2D eigenvalue weighted by Crippen LogP contribution is -2.00. The Bertz CT molecular complexity index is 816. The van der Waals surface area contributed by atoms with E-state index in [1.54, 1.807) is 6.07 Å². The minimum absolute atomic E-state index is 0.114. The lowest BCUT2D eigenvalue weighted by molar-refractivity contribution is 0.0984. The summed E-state index contributed by atoms with van der Waals surface area (Å²) in [7, 11) is 1.53. The van der Waals surface area contributed by atoms with Crippen LogP contribution in [0.5, 0.6) is 11.5 Å². The summed E-state index contributed by atoms with van der Waals surface area (Å²) in [5.41, 5.74) is 5.81. The van der Waals surface area contributed by atoms with Gasteiger partial charge in [-0.05, 0) is 66.3 Å². The maximum Gasteiger partial charge on any atom is 0.163 e. The van der Waals surface area contributed by atoms with Crippen LogP contribution in [0.1, 0.15) is 41.8 Å². The van der Waals surface area contributed by atoms with Crippen LogP contribution in [0.15, 0.2) is 36.4 Å². The smallest absolute Gasteiger partial charge is 0.163 e. The number of hydrogen-bond donors (Lipinski definition) is 1. The normalized spacial score (nSPS) is 14.0. The third kappa shape index (κ3) is 2.63. The van der Waals surface area contributed by atoms with Crippen molar-refractivity contribution in [2.75, 3.05) is 7.11 Å². The number of hydrogen-bond acceptors (Lipinski definition) is 3. The Morgan fingerprint density at radius 2 is 1.91 bits per heavy atom. The van der Waals surface area contributed by atoms with Crippen LogP contribution in [-0.4, -0.2) is 18.0 Å². The summed E-state index contributed by atoms with van der Waals surface area (Å²) >= 11 is 0. The molecule has 0 atom stereocenters. The molecule has 23 heavy (non-hydrogen) atoms. The lowest BCUT2D eigenvalue weighted by atomic mass is 9.93. The first-order valence-corrected chi connectivity index (χ1v) is 7.76. The number of phenolic OH excluding ortho intramolecular Hbond substituents is 1. The highest BCUT2D eigenvalue weighted by atomic mass is 16.5. The summed E-state index contributed by atoms with van der Waals surface area (Å²) in [5, 5.41) is 10.0. The van der Waals surface area contributed by atoms with Crippen molar-refractivity contribution in [1.82, 2.24) is 0 Å². The van der Waals surface area contributed by atoms with E-state index in [0.29, 0.717) is 18.6 Å². The van der Waals surface area contributed by atoms with E-state index in [4.69, 9.17) is 4.74 Å². The molecule has 0 bridgehead atoms. The molecule has 0 fully saturated rings. The molecule has 3 nitrogen and oxygen atoms in total. The maximum atomic E-state index is 12.6. The lowest BCUT2D eigenvalue weighted by Gasteiger charge is -2.13. The van der Waals surface area contributed by atoms with Crippen molar-refractivity contribution in [1.29, 1.82) is 0 Å². The zero-order chi connectivity index (χ0) is 16.6. The molecule has 1 N–H and O–H groups in total. The number of benzene rings is 2. The molecule has 2 aromatic rings. The highest BCUT2D eigenvalue weighted by Crippen LogP contribution is 2.39. The minimum atomic E-state index is 0.114. The van der Waals surface area contributed by atoms with Gasteiger partial charge in [0.25, 0.3) is 0 Å². The molecule has 0 saturated carbocycles. The number of Topliss-reactive ketones (excluding diaryl/α,β-unsaturated/α-hetero) is 1. The van der Waals surface area contributed by atoms with Crippen LogP contribution < -0.4 is 4.74 Å². The van der Waals surface area contributed by atoms with Gasteiger partial charge in [0, 0.05) is 12.0 Å². The number of aromatic hydroxyl groups is 1. The van der Waals surface area contributed by atoms with Gasteiger partial charge in [-0.2, -0.15) is 0 Å². The number of allylic oxidation sites excluding steroid dienone is 2. The molecule has 0 aromatic heterocycles. The second-order valence-electron chi connectivity index (χ2n) is 5.84. The van der Waals surface area contributed by atoms with Crippen molar-refractivity contribution in [3.63, 3.8) is 0 Å². The van der Waals surface area contributed by atoms with E-state index in [1.165, 1.54) is 7.11 Å². The summed E-state index contributed by atoms with van der Waals surface area (Å²) in [4.78, 5) is 12.6. The molecule has 0 spiro atoms. The average Bonchev–Trinajstić information content (AvgIpc) is 2.70. The molecule has 3 rings (SSSR count). The van der Waals surface area contributed by atoms with Gasteiger partial charge in [-0.1, -0.05) is 18.2 Å². The highest BCUT2D eigenvalue weighted by Gasteiger charge is 2.22. The Kier molecular flexibility index (Phi) is 3.95. The van der Waals surface area contributed by atoms with Crippen molar-refractivity contribution in [2.45, 2.75) is 26.7 Å². The molecule has 0 heterocycles. The van der Waals surface area contributed by atoms with Gasteiger partial charge in [0.2, 0.25) is 0 Å². The Morgan fingerprint density at radius 1 is 1.13 bits per heavy atom. The first-order valence-electron chi connectivity index (χ1n) is 7.76. The van der Waals surface area contributed by atoms with Crippen LogP contribution in [0.3, 0.4) is 0 Å². The zero-order valence-corrected chi connectivity index (χ0v) is 13.6. The summed E-state index contributed by atoms with van der Waals surface area (Å²) in [6.45, 7) is 4.03. The molecule has 0 amide bonds. The van der Waals surface area contributed by atoms with E-state index >= 15 is 0 Å². The predicted octanol–water partition coefficient (Wildman–Crippen LogP) is 4.62. The fraction of sp³-hybridized carbons (Fsp3) is 0.250. The van der Waals surface area contributed by atoms with Gasteiger partial charge in [0.1, 0.15) is 0 Å². The van der Waals surface area contributed by atoms with E-state index in [9.17, 15) is 9.90 Å². The number of rotatable bonds is 2. The molecule has 0 radical (unpaired) electrons. The zero-order valence-electron chi connectivity index (χ0n) is 13.6. The number of fused-ring (bicyclic) bond motifs is 3. The summed E-state index contributed by atoms with van der Waals surface area (Å²) in [6.07, 6.45) is 3.11. The van der Waals surface area contributed by atoms with Crippen LogP contribution >= 0.6 is 0 Å². The van der Waals surface area contributed by atoms with Crippen LogP contribution in [0.25, 0.3) is 16.7 Å². The van der Waals surface area contributed by atoms with E-state index in [1.807, 2.05) is 44.2 Å². The third-order valence-electron chi connectivity index (χ3n) is 4.52. The molecule has 0 unspecified atom stereocenters. The fourth-order valence-corrected chi connectivity index (χ4v) is 3.04. The fourth-order valence-electron chi connectivity index (χ4n) is 3.04. The Labute approximate surface area is 136 Å². The van der Waals surface area contributed by atoms with Gasteiger partial charge in [-0.25, -0.2) is 0 Å². The SMILES string of the molecule is CC=C(C)c1ccc2c(c1)C(=O)CCc1cc(O)c(OC)cc1-2. The molecule has 1 aliphatic rings. The van der Waals surface area contributed by atoms with Gasteiger partial charge >= 0.3 is 0 Å². The first kappa shape index (κ1) is 15.3. The quantitative estimate of drug-likeness (QED) is 0.880. The summed E-state index contributed by atoms with van der Waals surface area (Å²) < 4.78 is 5.23. The maximum absolute atomic E-state index is 12.6. The molecule has 0 saturated heterocycles. The van der Waals surface area contributed by atoms with Crippen LogP contribution in [-0.2, 0) is 6.42 Å². The molecule has 0 aliphatic heterocycles. The van der Waals surface area contributed by atoms with Crippen LogP contribution in [0, 0.1) is 0 Å². The van der Waals surface area contributed by atoms with Gasteiger partial charge in [-0.3, -0.25) is 4.79 Å². The summed E-state index contributed by atoms with van der Waals surface area (Å²) in [5.74, 6) is 0.682. The number of ether oxygens (including phenoxy) is 1. The number of phenols is 1. The van der Waals surface area contributed by atoms with Crippen molar-refractivity contribution < 1.29 is 14.6 Å². The Balaban J connectivity index is 2.25. The number of methoxy groups -OCH3 is 1. The van der Waals surface area contributed by atoms with Gasteiger partial charge in [-0.15, -0.1) is 0 Å². The minimum Gasteiger partial charge on any atom is -0.504 e. The number of ketones is 1. The van der Waals surface area contributed by atoms with E-state index in [-0.39, 0.29) is 11.5 Å². The van der Waals surface area contributed by atoms with Crippen molar-refractivity contribution in [2.24, 2.45) is 0 Å². The monoisotopic (exact) mass is 308 g/mol. The number of carbonyl (C=O) groups is 1. The second-order valence-corrected chi connectivity index (χ2v) is 5.84. The predicted molar refractivity (Wildman–Crippen MR) is 92.1 cm³/mol. The third-order valence-corrected chi connectivity index (χ3v) is 4.52. The van der Waals surface area contributed by atoms with E-state index < -0.39 is 0 Å². The molecular weight excluding hydrogens is 288 g/mol. The van der Waals surface area contributed by atoms with E-state index in [2.05, 4.69) is 0 Å². The first-order chi connectivity index (χ1) is 11.0. The standard InChI is InChI=1S/C20H20O3/c1-4-12(2)13-5-7-15-16-11-20(23-3)19(22)10-14(16)6-8-18(21)17(15)9-13/h4-5,7,9-11,22H,6,8H2,1-3H3. The van der Waals surface area contributed by atoms with Crippen molar-refractivity contribution in [3.05, 3.63) is 53.1 Å². The molecule has 1 aliphatic carbocycles. The van der Waals surface area contributed by atoms with E-state index in [0.717, 1.165) is 33.4 Å². The van der Waals surface area contributed by atoms with Gasteiger partial charge in [0.15, 0.2) is 17.3 Å². The van der Waals surface area contributed by atoms with Crippen LogP contribution in [0.4, 0.5) is 0 Å². The largest absolute Gasteiger partial charge is 0.504 e. The molecule has 2 aromatic carbocycles. The summed E-state index contributed by atoms with van der Waals surface area (Å²) in [6, 6.07) is 9.54. The van der Waals surface area contributed by atoms with Crippen molar-refractivity contribution >= 4 is 11.4 Å². The molecule has 118 valence electrons. The van der Waals surface area contributed by atoms with Crippen LogP contribution in [0.2, 0.25) is 0 Å². The highest BCUT2D eigenvalue weighted by molar-refractivity contribution is 6.04. The molecule has 3 heteroatoms. The topological polar surface area (TPSA) is 46.5 Å². The number of aryl methyl sites for hydroxylation is 1. The second kappa shape index (κ2) is 5.92. The Morgan fingerprint density at radius 3 is 2.61 bits per heavy atom. The average molecular weight is 308 g/mol. The Hall–Kier alpha value is -2.55. The van der Waals surface area contributed by atoms with Gasteiger partial charge in [0.05, 0.1) is 7.11 Å². The van der Waals surface area contributed by atoms with Gasteiger partial charge < -0.3 is 9.84 Å². The number of carbonyl (C=O) groups excluding carboxylic acids is 1. The van der Waals surface area contributed by atoms with Crippen molar-refractivity contribution in [3.8, 4) is 22.6 Å². The molecular formula is C20H20O3.